The average molecular weight is 526 g/mol. The zero-order valence-electron chi connectivity index (χ0n) is 21.0. The Bertz CT molecular complexity index is 1200. The molecule has 10 heteroatoms. The van der Waals surface area contributed by atoms with Crippen LogP contribution < -0.4 is 5.32 Å². The summed E-state index contributed by atoms with van der Waals surface area (Å²) >= 11 is 1.44. The van der Waals surface area contributed by atoms with Crippen LogP contribution in [0.1, 0.15) is 30.5 Å². The molecule has 0 aliphatic carbocycles. The highest BCUT2D eigenvalue weighted by Gasteiger charge is 2.46. The summed E-state index contributed by atoms with van der Waals surface area (Å²) in [6.45, 7) is 3.81. The van der Waals surface area contributed by atoms with E-state index in [4.69, 9.17) is 5.10 Å². The Morgan fingerprint density at radius 2 is 2.00 bits per heavy atom. The number of hydrogen-bond acceptors (Lipinski definition) is 9. The van der Waals surface area contributed by atoms with Crippen molar-refractivity contribution in [2.45, 2.75) is 37.3 Å². The number of benzene rings is 2. The summed E-state index contributed by atoms with van der Waals surface area (Å²) in [5.74, 6) is -1.74. The third kappa shape index (κ3) is 6.04. The Hall–Kier alpha value is -3.18. The molecule has 3 N–H and O–H groups in total. The molecule has 2 heterocycles. The first-order valence-electron chi connectivity index (χ1n) is 12.1. The maximum Gasteiger partial charge on any atom is 0.365 e. The zero-order valence-corrected chi connectivity index (χ0v) is 21.8. The Morgan fingerprint density at radius 1 is 1.24 bits per heavy atom. The van der Waals surface area contributed by atoms with Crippen LogP contribution in [0.15, 0.2) is 70.2 Å². The Kier molecular flexibility index (Phi) is 8.65. The molecule has 4 unspecified atom stereocenters. The van der Waals surface area contributed by atoms with E-state index in [2.05, 4.69) is 15.1 Å². The predicted octanol–water partition coefficient (Wildman–Crippen LogP) is 2.46. The van der Waals surface area contributed by atoms with E-state index in [1.54, 1.807) is 11.3 Å². The monoisotopic (exact) mass is 525 g/mol. The standard InChI is InChI=1S/C27H31N3O6S/c1-16(25-24(17(2)32)27(34)28-25)20(14-23(33)36-35-3)15-30-29-26(19-7-5-4-6-8-19)21-13-18(11-12-31)9-10-22(21)37-30/h4-10,13-14,16-17,24-25,31-32H,11-12,15H2,1-3H3,(H,28,34)/b20-14+. The van der Waals surface area contributed by atoms with Gasteiger partial charge >= 0.3 is 5.97 Å². The minimum Gasteiger partial charge on any atom is -0.396 e. The van der Waals surface area contributed by atoms with Crippen molar-refractivity contribution in [1.82, 2.24) is 9.73 Å². The van der Waals surface area contributed by atoms with Gasteiger partial charge in [-0.15, -0.1) is 0 Å². The second-order valence-corrected chi connectivity index (χ2v) is 10.1. The number of aliphatic hydroxyl groups is 2. The van der Waals surface area contributed by atoms with Crippen LogP contribution in [0.25, 0.3) is 0 Å². The SMILES string of the molecule is COOC(=O)/C=C(\CN1N=C(c2ccccc2)c2cc(CCO)ccc2S1)C(C)C1NC(=O)C1C(C)O. The van der Waals surface area contributed by atoms with Crippen LogP contribution in [0.2, 0.25) is 0 Å². The fourth-order valence-electron chi connectivity index (χ4n) is 4.64. The fraction of sp³-hybridized carbons (Fsp3) is 0.370. The smallest absolute Gasteiger partial charge is 0.365 e. The highest BCUT2D eigenvalue weighted by atomic mass is 32.2. The van der Waals surface area contributed by atoms with Gasteiger partial charge in [-0.05, 0) is 36.6 Å². The van der Waals surface area contributed by atoms with Crippen molar-refractivity contribution in [3.8, 4) is 0 Å². The first kappa shape index (κ1) is 26.9. The van der Waals surface area contributed by atoms with E-state index in [1.807, 2.05) is 55.5 Å². The maximum atomic E-state index is 12.3. The van der Waals surface area contributed by atoms with Gasteiger partial charge in [-0.3, -0.25) is 9.68 Å². The minimum absolute atomic E-state index is 0.0602. The van der Waals surface area contributed by atoms with Gasteiger partial charge in [0.25, 0.3) is 0 Å². The molecule has 1 amide bonds. The van der Waals surface area contributed by atoms with E-state index in [-0.39, 0.29) is 31.0 Å². The summed E-state index contributed by atoms with van der Waals surface area (Å²) < 4.78 is 1.80. The van der Waals surface area contributed by atoms with E-state index >= 15 is 0 Å². The van der Waals surface area contributed by atoms with Crippen molar-refractivity contribution in [1.29, 1.82) is 0 Å². The highest BCUT2D eigenvalue weighted by molar-refractivity contribution is 7.97. The zero-order chi connectivity index (χ0) is 26.5. The molecule has 9 nitrogen and oxygen atoms in total. The van der Waals surface area contributed by atoms with Gasteiger partial charge in [0.1, 0.15) is 0 Å². The molecule has 0 spiro atoms. The molecule has 37 heavy (non-hydrogen) atoms. The largest absolute Gasteiger partial charge is 0.396 e. The number of amides is 1. The van der Waals surface area contributed by atoms with Gasteiger partial charge in [-0.2, -0.15) is 9.99 Å². The number of carbonyl (C=O) groups is 2. The topological polar surface area (TPSA) is 121 Å². The lowest BCUT2D eigenvalue weighted by molar-refractivity contribution is -0.249. The summed E-state index contributed by atoms with van der Waals surface area (Å²) in [7, 11) is 1.25. The quantitative estimate of drug-likeness (QED) is 0.142. The second kappa shape index (κ2) is 11.9. The molecule has 4 atom stereocenters. The highest BCUT2D eigenvalue weighted by Crippen LogP contribution is 2.37. The van der Waals surface area contributed by atoms with Gasteiger partial charge in [0.15, 0.2) is 0 Å². The Balaban J connectivity index is 1.68. The van der Waals surface area contributed by atoms with Crippen LogP contribution in [0.4, 0.5) is 0 Å². The molecule has 0 saturated carbocycles. The van der Waals surface area contributed by atoms with Crippen molar-refractivity contribution >= 4 is 29.5 Å². The minimum atomic E-state index is -0.819. The number of rotatable bonds is 10. The van der Waals surface area contributed by atoms with Gasteiger partial charge in [-0.1, -0.05) is 43.3 Å². The van der Waals surface area contributed by atoms with Crippen molar-refractivity contribution in [2.75, 3.05) is 20.3 Å². The molecule has 0 aromatic heterocycles. The van der Waals surface area contributed by atoms with Crippen molar-refractivity contribution < 1.29 is 29.6 Å². The molecule has 0 radical (unpaired) electrons. The molecular formula is C27H31N3O6S. The molecule has 2 aliphatic heterocycles. The average Bonchev–Trinajstić information content (AvgIpc) is 2.86. The van der Waals surface area contributed by atoms with E-state index in [0.717, 1.165) is 27.3 Å². The van der Waals surface area contributed by atoms with Crippen LogP contribution >= 0.6 is 11.9 Å². The summed E-state index contributed by atoms with van der Waals surface area (Å²) in [6.07, 6.45) is 1.09. The number of nitrogens with zero attached hydrogens (tertiary/aromatic N) is 2. The molecule has 0 bridgehead atoms. The predicted molar refractivity (Wildman–Crippen MR) is 139 cm³/mol. The third-order valence-corrected chi connectivity index (χ3v) is 7.56. The normalized spacial score (nSPS) is 20.8. The number of nitrogens with one attached hydrogen (secondary N) is 1. The van der Waals surface area contributed by atoms with Crippen LogP contribution in [0.5, 0.6) is 0 Å². The Morgan fingerprint density at radius 3 is 2.65 bits per heavy atom. The lowest BCUT2D eigenvalue weighted by atomic mass is 9.76. The van der Waals surface area contributed by atoms with Gasteiger partial charge in [0.05, 0.1) is 31.4 Å². The van der Waals surface area contributed by atoms with Gasteiger partial charge < -0.3 is 15.5 Å². The first-order chi connectivity index (χ1) is 17.8. The summed E-state index contributed by atoms with van der Waals surface area (Å²) in [4.78, 5) is 34.6. The number of hydrazone groups is 1. The van der Waals surface area contributed by atoms with Crippen molar-refractivity contribution in [3.63, 3.8) is 0 Å². The molecular weight excluding hydrogens is 494 g/mol. The number of β-lactam (4-membered cyclic amide) rings is 1. The van der Waals surface area contributed by atoms with E-state index in [9.17, 15) is 19.8 Å². The fourth-order valence-corrected chi connectivity index (χ4v) is 5.59. The molecule has 2 aromatic rings. The number of aliphatic hydroxyl groups excluding tert-OH is 2. The molecule has 4 rings (SSSR count). The van der Waals surface area contributed by atoms with Gasteiger partial charge in [0, 0.05) is 52.6 Å². The summed E-state index contributed by atoms with van der Waals surface area (Å²) in [5, 5.41) is 27.3. The molecule has 1 fully saturated rings. The first-order valence-corrected chi connectivity index (χ1v) is 12.9. The maximum absolute atomic E-state index is 12.3. The molecule has 2 aromatic carbocycles. The second-order valence-electron chi connectivity index (χ2n) is 9.10. The van der Waals surface area contributed by atoms with E-state index in [1.165, 1.54) is 25.1 Å². The van der Waals surface area contributed by atoms with Crippen molar-refractivity contribution in [2.24, 2.45) is 16.9 Å². The van der Waals surface area contributed by atoms with Crippen molar-refractivity contribution in [3.05, 3.63) is 76.9 Å². The summed E-state index contributed by atoms with van der Waals surface area (Å²) in [6, 6.07) is 15.5. The van der Waals surface area contributed by atoms with Crippen LogP contribution in [0.3, 0.4) is 0 Å². The van der Waals surface area contributed by atoms with Crippen LogP contribution in [-0.2, 0) is 25.8 Å². The van der Waals surface area contributed by atoms with Crippen LogP contribution in [0, 0.1) is 11.8 Å². The lowest BCUT2D eigenvalue weighted by Gasteiger charge is -2.43. The number of hydrogen-bond donors (Lipinski definition) is 3. The molecule has 2 aliphatic rings. The number of fused-ring (bicyclic) bond motifs is 1. The van der Waals surface area contributed by atoms with E-state index in [0.29, 0.717) is 12.0 Å². The molecule has 1 saturated heterocycles. The Labute approximate surface area is 220 Å². The van der Waals surface area contributed by atoms with Gasteiger partial charge in [0.2, 0.25) is 5.91 Å². The van der Waals surface area contributed by atoms with Crippen LogP contribution in [-0.4, -0.2) is 64.6 Å². The lowest BCUT2D eigenvalue weighted by Crippen LogP contribution is -2.64. The van der Waals surface area contributed by atoms with E-state index < -0.39 is 18.0 Å². The summed E-state index contributed by atoms with van der Waals surface area (Å²) in [5.41, 5.74) is 4.37. The molecule has 196 valence electrons. The third-order valence-electron chi connectivity index (χ3n) is 6.59. The van der Waals surface area contributed by atoms with Gasteiger partial charge in [-0.25, -0.2) is 9.21 Å². The number of carbonyl (C=O) groups excluding carboxylic acids is 2.